The summed E-state index contributed by atoms with van der Waals surface area (Å²) in [6, 6.07) is 17.6. The first-order valence-electron chi connectivity index (χ1n) is 9.44. The number of hydrogen-bond donors (Lipinski definition) is 1. The lowest BCUT2D eigenvalue weighted by Crippen LogP contribution is -2.28. The van der Waals surface area contributed by atoms with Crippen LogP contribution in [0.3, 0.4) is 0 Å². The summed E-state index contributed by atoms with van der Waals surface area (Å²) in [4.78, 5) is 13.5. The van der Waals surface area contributed by atoms with Gasteiger partial charge in [-0.15, -0.1) is 0 Å². The van der Waals surface area contributed by atoms with E-state index in [1.807, 2.05) is 41.3 Å². The summed E-state index contributed by atoms with van der Waals surface area (Å²) in [7, 11) is 0. The largest absolute Gasteiger partial charge is 0.489 e. The molecule has 3 rings (SSSR count). The third-order valence-electron chi connectivity index (χ3n) is 4.64. The van der Waals surface area contributed by atoms with Gasteiger partial charge in [-0.2, -0.15) is 5.26 Å². The molecule has 5 heteroatoms. The van der Waals surface area contributed by atoms with E-state index in [-0.39, 0.29) is 0 Å². The van der Waals surface area contributed by atoms with E-state index in [0.717, 1.165) is 55.9 Å². The smallest absolute Gasteiger partial charge is 0.222 e. The Kier molecular flexibility index (Phi) is 6.84. The Morgan fingerprint density at radius 3 is 2.81 bits per heavy atom. The number of carbonyl (C=O) groups is 1. The summed E-state index contributed by atoms with van der Waals surface area (Å²) in [5.41, 5.74) is 2.79. The molecule has 0 bridgehead atoms. The SMILES string of the molecule is N#Cc1cccc(COc2cccc(CNCCCN3CCCC3=O)c2)c1. The van der Waals surface area contributed by atoms with Crippen molar-refractivity contribution in [2.24, 2.45) is 0 Å². The second kappa shape index (κ2) is 9.75. The Bertz CT molecular complexity index is 813. The maximum Gasteiger partial charge on any atom is 0.222 e. The number of likely N-dealkylation sites (tertiary alicyclic amines) is 1. The van der Waals surface area contributed by atoms with Crippen LogP contribution >= 0.6 is 0 Å². The molecule has 0 atom stereocenters. The molecule has 0 radical (unpaired) electrons. The van der Waals surface area contributed by atoms with E-state index in [1.165, 1.54) is 0 Å². The van der Waals surface area contributed by atoms with Crippen LogP contribution in [0.2, 0.25) is 0 Å². The van der Waals surface area contributed by atoms with Crippen molar-refractivity contribution in [3.8, 4) is 11.8 Å². The minimum Gasteiger partial charge on any atom is -0.489 e. The van der Waals surface area contributed by atoms with Crippen LogP contribution in [0.5, 0.6) is 5.75 Å². The molecule has 1 aliphatic rings. The lowest BCUT2D eigenvalue weighted by Gasteiger charge is -2.15. The number of benzene rings is 2. The standard InChI is InChI=1S/C22H25N3O2/c23-15-18-5-1-7-20(13-18)17-27-21-8-2-6-19(14-21)16-24-10-4-12-25-11-3-9-22(25)26/h1-2,5-8,13-14,24H,3-4,9-12,16-17H2. The summed E-state index contributed by atoms with van der Waals surface area (Å²) >= 11 is 0. The molecule has 1 amide bonds. The number of nitriles is 1. The van der Waals surface area contributed by atoms with Crippen LogP contribution in [0.1, 0.15) is 36.0 Å². The van der Waals surface area contributed by atoms with Gasteiger partial charge in [0.25, 0.3) is 0 Å². The first-order chi connectivity index (χ1) is 13.2. The van der Waals surface area contributed by atoms with E-state index in [2.05, 4.69) is 17.5 Å². The number of carbonyl (C=O) groups excluding carboxylic acids is 1. The van der Waals surface area contributed by atoms with Crippen LogP contribution in [0.4, 0.5) is 0 Å². The predicted octanol–water partition coefficient (Wildman–Crippen LogP) is 3.24. The van der Waals surface area contributed by atoms with Crippen molar-refractivity contribution in [2.75, 3.05) is 19.6 Å². The van der Waals surface area contributed by atoms with Gasteiger partial charge in [0.05, 0.1) is 11.6 Å². The summed E-state index contributed by atoms with van der Waals surface area (Å²) < 4.78 is 5.86. The fourth-order valence-electron chi connectivity index (χ4n) is 3.21. The highest BCUT2D eigenvalue weighted by molar-refractivity contribution is 5.77. The summed E-state index contributed by atoms with van der Waals surface area (Å²) in [6.07, 6.45) is 2.68. The average Bonchev–Trinajstić information content (AvgIpc) is 3.11. The predicted molar refractivity (Wildman–Crippen MR) is 104 cm³/mol. The first kappa shape index (κ1) is 18.9. The second-order valence-electron chi connectivity index (χ2n) is 6.76. The molecule has 1 aliphatic heterocycles. The minimum atomic E-state index is 0.292. The number of rotatable bonds is 9. The lowest BCUT2D eigenvalue weighted by molar-refractivity contribution is -0.127. The monoisotopic (exact) mass is 363 g/mol. The van der Waals surface area contributed by atoms with E-state index >= 15 is 0 Å². The van der Waals surface area contributed by atoms with Gasteiger partial charge in [0.15, 0.2) is 0 Å². The normalized spacial score (nSPS) is 13.6. The molecule has 1 heterocycles. The van der Waals surface area contributed by atoms with Crippen LogP contribution in [0.15, 0.2) is 48.5 Å². The lowest BCUT2D eigenvalue weighted by atomic mass is 10.1. The number of nitrogens with one attached hydrogen (secondary N) is 1. The molecule has 1 fully saturated rings. The molecule has 2 aromatic rings. The van der Waals surface area contributed by atoms with Gasteiger partial charge in [0, 0.05) is 26.1 Å². The molecular formula is C22H25N3O2. The number of ether oxygens (including phenoxy) is 1. The van der Waals surface area contributed by atoms with Crippen molar-refractivity contribution in [3.05, 3.63) is 65.2 Å². The topological polar surface area (TPSA) is 65.4 Å². The summed E-state index contributed by atoms with van der Waals surface area (Å²) in [5, 5.41) is 12.4. The van der Waals surface area contributed by atoms with Crippen molar-refractivity contribution in [2.45, 2.75) is 32.4 Å². The van der Waals surface area contributed by atoms with Gasteiger partial charge in [-0.05, 0) is 54.8 Å². The average molecular weight is 363 g/mol. The molecule has 5 nitrogen and oxygen atoms in total. The van der Waals surface area contributed by atoms with Gasteiger partial charge in [-0.25, -0.2) is 0 Å². The van der Waals surface area contributed by atoms with E-state index in [1.54, 1.807) is 6.07 Å². The van der Waals surface area contributed by atoms with Crippen LogP contribution in [0.25, 0.3) is 0 Å². The van der Waals surface area contributed by atoms with Crippen molar-refractivity contribution in [1.82, 2.24) is 10.2 Å². The zero-order chi connectivity index (χ0) is 18.9. The van der Waals surface area contributed by atoms with Gasteiger partial charge in [0.2, 0.25) is 5.91 Å². The molecule has 0 spiro atoms. The van der Waals surface area contributed by atoms with Gasteiger partial charge < -0.3 is 15.0 Å². The van der Waals surface area contributed by atoms with E-state index < -0.39 is 0 Å². The van der Waals surface area contributed by atoms with Gasteiger partial charge in [-0.3, -0.25) is 4.79 Å². The third kappa shape index (κ3) is 5.83. The van der Waals surface area contributed by atoms with Crippen molar-refractivity contribution < 1.29 is 9.53 Å². The number of hydrogen-bond acceptors (Lipinski definition) is 4. The maximum absolute atomic E-state index is 11.6. The van der Waals surface area contributed by atoms with Gasteiger partial charge >= 0.3 is 0 Å². The highest BCUT2D eigenvalue weighted by atomic mass is 16.5. The molecule has 27 heavy (non-hydrogen) atoms. The van der Waals surface area contributed by atoms with Crippen molar-refractivity contribution in [1.29, 1.82) is 5.26 Å². The molecule has 140 valence electrons. The van der Waals surface area contributed by atoms with E-state index in [9.17, 15) is 4.79 Å². The Morgan fingerprint density at radius 1 is 1.15 bits per heavy atom. The molecule has 1 saturated heterocycles. The fourth-order valence-corrected chi connectivity index (χ4v) is 3.21. The van der Waals surface area contributed by atoms with Gasteiger partial charge in [0.1, 0.15) is 12.4 Å². The maximum atomic E-state index is 11.6. The second-order valence-corrected chi connectivity index (χ2v) is 6.76. The number of amides is 1. The Morgan fingerprint density at radius 2 is 2.00 bits per heavy atom. The minimum absolute atomic E-state index is 0.292. The summed E-state index contributed by atoms with van der Waals surface area (Å²) in [5.74, 6) is 1.11. The molecule has 0 saturated carbocycles. The molecule has 0 aliphatic carbocycles. The quantitative estimate of drug-likeness (QED) is 0.695. The van der Waals surface area contributed by atoms with E-state index in [4.69, 9.17) is 10.00 Å². The van der Waals surface area contributed by atoms with Gasteiger partial charge in [-0.1, -0.05) is 24.3 Å². The molecule has 2 aromatic carbocycles. The Labute approximate surface area is 160 Å². The van der Waals surface area contributed by atoms with Crippen LogP contribution < -0.4 is 10.1 Å². The van der Waals surface area contributed by atoms with Crippen molar-refractivity contribution >= 4 is 5.91 Å². The molecule has 0 unspecified atom stereocenters. The zero-order valence-electron chi connectivity index (χ0n) is 15.5. The fraction of sp³-hybridized carbons (Fsp3) is 0.364. The highest BCUT2D eigenvalue weighted by Gasteiger charge is 2.18. The van der Waals surface area contributed by atoms with Crippen LogP contribution in [-0.2, 0) is 17.9 Å². The molecule has 1 N–H and O–H groups in total. The molecule has 0 aromatic heterocycles. The highest BCUT2D eigenvalue weighted by Crippen LogP contribution is 2.16. The van der Waals surface area contributed by atoms with Crippen molar-refractivity contribution in [3.63, 3.8) is 0 Å². The zero-order valence-corrected chi connectivity index (χ0v) is 15.5. The van der Waals surface area contributed by atoms with E-state index in [0.29, 0.717) is 24.5 Å². The third-order valence-corrected chi connectivity index (χ3v) is 4.64. The van der Waals surface area contributed by atoms with Crippen LogP contribution in [0, 0.1) is 11.3 Å². The number of nitrogens with zero attached hydrogens (tertiary/aromatic N) is 2. The summed E-state index contributed by atoms with van der Waals surface area (Å²) in [6.45, 7) is 3.85. The first-order valence-corrected chi connectivity index (χ1v) is 9.44. The molecular weight excluding hydrogens is 338 g/mol. The Balaban J connectivity index is 1.40. The Hall–Kier alpha value is -2.84. The van der Waals surface area contributed by atoms with Crippen LogP contribution in [-0.4, -0.2) is 30.4 Å².